The van der Waals surface area contributed by atoms with Crippen molar-refractivity contribution >= 4 is 23.9 Å². The third-order valence-corrected chi connectivity index (χ3v) is 6.81. The second-order valence-corrected chi connectivity index (χ2v) is 8.87. The minimum absolute atomic E-state index is 0.0104. The third kappa shape index (κ3) is 4.62. The van der Waals surface area contributed by atoms with Gasteiger partial charge in [0.15, 0.2) is 5.69 Å². The van der Waals surface area contributed by atoms with Gasteiger partial charge in [0.2, 0.25) is 5.88 Å². The van der Waals surface area contributed by atoms with Crippen LogP contribution in [0.3, 0.4) is 0 Å². The fourth-order valence-electron chi connectivity index (χ4n) is 5.10. The predicted octanol–water partition coefficient (Wildman–Crippen LogP) is 4.27. The molecule has 0 saturated heterocycles. The lowest BCUT2D eigenvalue weighted by Gasteiger charge is -2.15. The van der Waals surface area contributed by atoms with Crippen LogP contribution in [0.1, 0.15) is 46.8 Å². The first-order valence-corrected chi connectivity index (χ1v) is 11.6. The number of carboxylic acid groups (broad SMARTS) is 1. The molecule has 0 radical (unpaired) electrons. The summed E-state index contributed by atoms with van der Waals surface area (Å²) in [7, 11) is 0. The Morgan fingerprint density at radius 2 is 1.71 bits per heavy atom. The third-order valence-electron chi connectivity index (χ3n) is 6.81. The van der Waals surface area contributed by atoms with Crippen LogP contribution in [-0.4, -0.2) is 41.4 Å². The summed E-state index contributed by atoms with van der Waals surface area (Å²) in [6.07, 6.45) is 1.49. The van der Waals surface area contributed by atoms with Gasteiger partial charge in [-0.25, -0.2) is 4.79 Å². The Balaban J connectivity index is 1.15. The number of carbonyl (C=O) groups excluding carboxylic acids is 2. The normalized spacial score (nSPS) is 18.5. The number of hydrogen-bond acceptors (Lipinski definition) is 6. The van der Waals surface area contributed by atoms with Crippen molar-refractivity contribution in [1.29, 1.82) is 0 Å². The molecule has 1 saturated carbocycles. The summed E-state index contributed by atoms with van der Waals surface area (Å²) < 4.78 is 10.5. The average Bonchev–Trinajstić information content (AvgIpc) is 3.59. The number of ether oxygens (including phenoxy) is 1. The number of nitrogens with one attached hydrogen (secondary N) is 2. The largest absolute Gasteiger partial charge is 0.481 e. The van der Waals surface area contributed by atoms with Gasteiger partial charge in [0.1, 0.15) is 6.61 Å². The molecule has 2 amide bonds. The number of fused-ring (bicyclic) bond motifs is 3. The Hall–Kier alpha value is -4.14. The van der Waals surface area contributed by atoms with Crippen LogP contribution >= 0.6 is 0 Å². The molecule has 3 N–H and O–H groups in total. The SMILES string of the molecule is O=C(Nc1cc(C(=O)NC[C@@H]2CCC[C@@H]2C(=O)O)no1)OCC1c2ccccc2-c2ccccc21. The van der Waals surface area contributed by atoms with Crippen LogP contribution in [0.15, 0.2) is 59.1 Å². The van der Waals surface area contributed by atoms with Crippen LogP contribution in [0.4, 0.5) is 10.7 Å². The zero-order valence-corrected chi connectivity index (χ0v) is 18.9. The molecule has 180 valence electrons. The molecular weight excluding hydrogens is 450 g/mol. The van der Waals surface area contributed by atoms with E-state index in [9.17, 15) is 19.5 Å². The van der Waals surface area contributed by atoms with Crippen molar-refractivity contribution in [1.82, 2.24) is 10.5 Å². The maximum atomic E-state index is 12.4. The Morgan fingerprint density at radius 1 is 1.03 bits per heavy atom. The molecule has 2 aliphatic rings. The van der Waals surface area contributed by atoms with Crippen LogP contribution in [0.2, 0.25) is 0 Å². The van der Waals surface area contributed by atoms with Gasteiger partial charge in [-0.1, -0.05) is 60.1 Å². The standard InChI is InChI=1S/C26H25N3O6/c30-24(27-13-15-6-5-11-16(15)25(31)32)22-12-23(35-29-22)28-26(33)34-14-21-19-9-3-1-7-17(19)18-8-2-4-10-20(18)21/h1-4,7-10,12,15-16,21H,5-6,11,13-14H2,(H,27,30)(H,28,33)(H,31,32)/t15-,16-/m0/s1. The lowest BCUT2D eigenvalue weighted by molar-refractivity contribution is -0.142. The van der Waals surface area contributed by atoms with Gasteiger partial charge < -0.3 is 19.7 Å². The van der Waals surface area contributed by atoms with E-state index in [1.165, 1.54) is 6.07 Å². The van der Waals surface area contributed by atoms with Gasteiger partial charge in [0.25, 0.3) is 5.91 Å². The first-order chi connectivity index (χ1) is 17.0. The molecule has 0 spiro atoms. The summed E-state index contributed by atoms with van der Waals surface area (Å²) in [4.78, 5) is 36.1. The van der Waals surface area contributed by atoms with Crippen molar-refractivity contribution in [2.75, 3.05) is 18.5 Å². The smallest absolute Gasteiger partial charge is 0.414 e. The Morgan fingerprint density at radius 3 is 2.40 bits per heavy atom. The van der Waals surface area contributed by atoms with Gasteiger partial charge in [-0.15, -0.1) is 0 Å². The summed E-state index contributed by atoms with van der Waals surface area (Å²) in [6, 6.07) is 17.4. The minimum atomic E-state index is -0.835. The molecule has 2 aliphatic carbocycles. The van der Waals surface area contributed by atoms with Crippen molar-refractivity contribution in [2.45, 2.75) is 25.2 Å². The summed E-state index contributed by atoms with van der Waals surface area (Å²) >= 11 is 0. The second kappa shape index (κ2) is 9.61. The van der Waals surface area contributed by atoms with E-state index in [-0.39, 0.29) is 36.6 Å². The van der Waals surface area contributed by atoms with Crippen molar-refractivity contribution in [3.63, 3.8) is 0 Å². The van der Waals surface area contributed by atoms with E-state index in [4.69, 9.17) is 9.26 Å². The van der Waals surface area contributed by atoms with E-state index in [2.05, 4.69) is 27.9 Å². The Kier molecular flexibility index (Phi) is 6.22. The van der Waals surface area contributed by atoms with E-state index in [1.807, 2.05) is 36.4 Å². The van der Waals surface area contributed by atoms with Crippen LogP contribution in [-0.2, 0) is 9.53 Å². The van der Waals surface area contributed by atoms with Crippen LogP contribution in [0.5, 0.6) is 0 Å². The molecule has 0 unspecified atom stereocenters. The number of rotatable bonds is 7. The Labute approximate surface area is 201 Å². The van der Waals surface area contributed by atoms with E-state index in [0.717, 1.165) is 35.1 Å². The summed E-state index contributed by atoms with van der Waals surface area (Å²) in [5.74, 6) is -1.98. The van der Waals surface area contributed by atoms with Gasteiger partial charge in [-0.3, -0.25) is 14.9 Å². The van der Waals surface area contributed by atoms with Crippen molar-refractivity contribution < 1.29 is 28.8 Å². The molecule has 2 atom stereocenters. The first kappa shape index (κ1) is 22.6. The predicted molar refractivity (Wildman–Crippen MR) is 126 cm³/mol. The number of amides is 2. The Bertz CT molecular complexity index is 1220. The van der Waals surface area contributed by atoms with Gasteiger partial charge in [-0.2, -0.15) is 0 Å². The number of carbonyl (C=O) groups is 3. The highest BCUT2D eigenvalue weighted by Gasteiger charge is 2.33. The molecule has 9 nitrogen and oxygen atoms in total. The van der Waals surface area contributed by atoms with Crippen molar-refractivity contribution in [3.05, 3.63) is 71.4 Å². The highest BCUT2D eigenvalue weighted by molar-refractivity contribution is 5.93. The van der Waals surface area contributed by atoms with E-state index in [0.29, 0.717) is 6.42 Å². The maximum Gasteiger partial charge on any atom is 0.414 e. The molecule has 0 aliphatic heterocycles. The van der Waals surface area contributed by atoms with Gasteiger partial charge >= 0.3 is 12.1 Å². The number of anilines is 1. The quantitative estimate of drug-likeness (QED) is 0.465. The fraction of sp³-hybridized carbons (Fsp3) is 0.308. The van der Waals surface area contributed by atoms with E-state index >= 15 is 0 Å². The fourth-order valence-corrected chi connectivity index (χ4v) is 5.10. The van der Waals surface area contributed by atoms with Crippen LogP contribution < -0.4 is 10.6 Å². The molecule has 35 heavy (non-hydrogen) atoms. The van der Waals surface area contributed by atoms with Crippen LogP contribution in [0, 0.1) is 11.8 Å². The molecule has 2 aromatic carbocycles. The summed E-state index contributed by atoms with van der Waals surface area (Å²) in [6.45, 7) is 0.394. The molecule has 1 aromatic heterocycles. The molecule has 1 heterocycles. The van der Waals surface area contributed by atoms with Crippen molar-refractivity contribution in [3.8, 4) is 11.1 Å². The zero-order valence-electron chi connectivity index (χ0n) is 18.9. The molecular formula is C26H25N3O6. The zero-order chi connectivity index (χ0) is 24.4. The number of aromatic nitrogens is 1. The van der Waals surface area contributed by atoms with Crippen molar-refractivity contribution in [2.24, 2.45) is 11.8 Å². The molecule has 9 heteroatoms. The number of benzene rings is 2. The number of nitrogens with zero attached hydrogens (tertiary/aromatic N) is 1. The van der Waals surface area contributed by atoms with Crippen LogP contribution in [0.25, 0.3) is 11.1 Å². The van der Waals surface area contributed by atoms with Gasteiger partial charge in [0, 0.05) is 18.5 Å². The molecule has 0 bridgehead atoms. The first-order valence-electron chi connectivity index (χ1n) is 11.6. The number of aliphatic carboxylic acids is 1. The lowest BCUT2D eigenvalue weighted by atomic mass is 9.96. The monoisotopic (exact) mass is 475 g/mol. The average molecular weight is 476 g/mol. The highest BCUT2D eigenvalue weighted by atomic mass is 16.6. The van der Waals surface area contributed by atoms with Gasteiger partial charge in [0.05, 0.1) is 5.92 Å². The summed E-state index contributed by atoms with van der Waals surface area (Å²) in [5, 5.41) is 18.1. The number of hydrogen-bond donors (Lipinski definition) is 3. The molecule has 5 rings (SSSR count). The maximum absolute atomic E-state index is 12.4. The second-order valence-electron chi connectivity index (χ2n) is 8.87. The molecule has 3 aromatic rings. The number of carboxylic acids is 1. The van der Waals surface area contributed by atoms with E-state index in [1.54, 1.807) is 0 Å². The minimum Gasteiger partial charge on any atom is -0.481 e. The topological polar surface area (TPSA) is 131 Å². The van der Waals surface area contributed by atoms with E-state index < -0.39 is 23.9 Å². The highest BCUT2D eigenvalue weighted by Crippen LogP contribution is 2.44. The lowest BCUT2D eigenvalue weighted by Crippen LogP contribution is -2.33. The van der Waals surface area contributed by atoms with Gasteiger partial charge in [-0.05, 0) is 41.0 Å². The summed E-state index contributed by atoms with van der Waals surface area (Å²) in [5.41, 5.74) is 4.47. The molecule has 1 fully saturated rings.